The number of rotatable bonds is 2. The molecule has 1 heterocycles. The Hall–Kier alpha value is -0.610. The average Bonchev–Trinajstić information content (AvgIpc) is 1.99. The van der Waals surface area contributed by atoms with Crippen LogP contribution in [0.25, 0.3) is 0 Å². The first-order valence-electron chi connectivity index (χ1n) is 4.89. The molecule has 1 saturated heterocycles. The number of carbonyl (C=O) groups is 1. The maximum absolute atomic E-state index is 11.7. The molecule has 1 unspecified atom stereocenters. The van der Waals surface area contributed by atoms with Gasteiger partial charge in [0.25, 0.3) is 0 Å². The number of likely N-dealkylation sites (tertiary alicyclic amines) is 1. The number of methoxy groups -OCH3 is 1. The van der Waals surface area contributed by atoms with Crippen LogP contribution in [0.3, 0.4) is 0 Å². The Labute approximate surface area is 85.4 Å². The molecule has 0 bridgehead atoms. The van der Waals surface area contributed by atoms with Gasteiger partial charge in [0.15, 0.2) is 0 Å². The van der Waals surface area contributed by atoms with E-state index in [1.54, 1.807) is 12.0 Å². The molecule has 1 fully saturated rings. The van der Waals surface area contributed by atoms with Crippen molar-refractivity contribution in [2.45, 2.75) is 32.9 Å². The predicted molar refractivity (Wildman–Crippen MR) is 53.7 cm³/mol. The number of ether oxygens (including phenoxy) is 1. The van der Waals surface area contributed by atoms with E-state index >= 15 is 0 Å². The van der Waals surface area contributed by atoms with Crippen LogP contribution in [0.1, 0.15) is 20.8 Å². The molecule has 1 aliphatic heterocycles. The third kappa shape index (κ3) is 2.25. The van der Waals surface area contributed by atoms with E-state index < -0.39 is 6.04 Å². The van der Waals surface area contributed by atoms with Crippen LogP contribution in [-0.2, 0) is 9.53 Å². The summed E-state index contributed by atoms with van der Waals surface area (Å²) in [6, 6.07) is -0.666. The van der Waals surface area contributed by atoms with Gasteiger partial charge in [-0.25, -0.2) is 5.73 Å². The lowest BCUT2D eigenvalue weighted by molar-refractivity contribution is -0.147. The van der Waals surface area contributed by atoms with Crippen LogP contribution in [0.5, 0.6) is 0 Å². The highest BCUT2D eigenvalue weighted by Crippen LogP contribution is 2.22. The first-order valence-corrected chi connectivity index (χ1v) is 4.89. The molecule has 0 spiro atoms. The van der Waals surface area contributed by atoms with Crippen LogP contribution >= 0.6 is 0 Å². The molecule has 4 heteroatoms. The maximum atomic E-state index is 11.7. The minimum Gasteiger partial charge on any atom is -0.378 e. The molecule has 0 aromatic heterocycles. The number of hydrogen-bond donors (Lipinski definition) is 0. The van der Waals surface area contributed by atoms with Gasteiger partial charge < -0.3 is 9.64 Å². The fourth-order valence-corrected chi connectivity index (χ4v) is 1.32. The molecular formula is C10H19N2O2. The standard InChI is InChI=1S/C10H19N2O2/c1-10(2,3)8(11)9(13)12-5-7(6-12)14-4/h7-8,11H,5-6H2,1-4H3. The summed E-state index contributed by atoms with van der Waals surface area (Å²) in [4.78, 5) is 13.4. The highest BCUT2D eigenvalue weighted by molar-refractivity contribution is 5.83. The monoisotopic (exact) mass is 199 g/mol. The van der Waals surface area contributed by atoms with E-state index in [2.05, 4.69) is 0 Å². The highest BCUT2D eigenvalue weighted by Gasteiger charge is 2.37. The number of nitrogens with one attached hydrogen (secondary N) is 1. The molecule has 1 radical (unpaired) electrons. The second kappa shape index (κ2) is 3.87. The summed E-state index contributed by atoms with van der Waals surface area (Å²) in [5.41, 5.74) is 7.51. The molecule has 0 aromatic rings. The number of hydrogen-bond acceptors (Lipinski definition) is 2. The zero-order valence-electron chi connectivity index (χ0n) is 9.33. The largest absolute Gasteiger partial charge is 0.378 e. The van der Waals surface area contributed by atoms with Gasteiger partial charge in [-0.1, -0.05) is 20.8 Å². The first-order chi connectivity index (χ1) is 6.36. The molecule has 1 rings (SSSR count). The van der Waals surface area contributed by atoms with Crippen molar-refractivity contribution in [3.05, 3.63) is 0 Å². The van der Waals surface area contributed by atoms with Crippen LogP contribution in [-0.4, -0.2) is 43.2 Å². The number of carbonyl (C=O) groups excluding carboxylic acids is 1. The Morgan fingerprint density at radius 2 is 2.00 bits per heavy atom. The summed E-state index contributed by atoms with van der Waals surface area (Å²) in [7, 11) is 1.65. The average molecular weight is 199 g/mol. The molecule has 0 aromatic carbocycles. The summed E-state index contributed by atoms with van der Waals surface area (Å²) >= 11 is 0. The Balaban J connectivity index is 2.44. The normalized spacial score (nSPS) is 20.5. The van der Waals surface area contributed by atoms with Crippen molar-refractivity contribution in [1.29, 1.82) is 0 Å². The quantitative estimate of drug-likeness (QED) is 0.652. The molecule has 1 amide bonds. The number of amides is 1. The Kier molecular flexibility index (Phi) is 3.17. The Bertz CT molecular complexity index is 217. The van der Waals surface area contributed by atoms with Crippen LogP contribution in [0.4, 0.5) is 0 Å². The van der Waals surface area contributed by atoms with Crippen molar-refractivity contribution in [2.75, 3.05) is 20.2 Å². The van der Waals surface area contributed by atoms with Crippen molar-refractivity contribution < 1.29 is 9.53 Å². The van der Waals surface area contributed by atoms with E-state index in [0.717, 1.165) is 0 Å². The first kappa shape index (κ1) is 11.5. The van der Waals surface area contributed by atoms with Crippen molar-refractivity contribution >= 4 is 5.91 Å². The summed E-state index contributed by atoms with van der Waals surface area (Å²) < 4.78 is 5.08. The maximum Gasteiger partial charge on any atom is 0.241 e. The zero-order valence-corrected chi connectivity index (χ0v) is 9.33. The summed E-state index contributed by atoms with van der Waals surface area (Å²) in [6.07, 6.45) is 0.172. The molecule has 0 saturated carbocycles. The molecule has 4 nitrogen and oxygen atoms in total. The van der Waals surface area contributed by atoms with E-state index in [9.17, 15) is 4.79 Å². The molecule has 81 valence electrons. The Morgan fingerprint density at radius 3 is 2.36 bits per heavy atom. The van der Waals surface area contributed by atoms with E-state index in [4.69, 9.17) is 10.5 Å². The van der Waals surface area contributed by atoms with Crippen LogP contribution < -0.4 is 5.73 Å². The molecular weight excluding hydrogens is 180 g/mol. The van der Waals surface area contributed by atoms with Crippen molar-refractivity contribution in [3.8, 4) is 0 Å². The van der Waals surface area contributed by atoms with E-state index in [-0.39, 0.29) is 17.4 Å². The van der Waals surface area contributed by atoms with Crippen LogP contribution in [0.2, 0.25) is 0 Å². The molecule has 14 heavy (non-hydrogen) atoms. The van der Waals surface area contributed by atoms with Gasteiger partial charge in [-0.15, -0.1) is 0 Å². The van der Waals surface area contributed by atoms with Crippen LogP contribution in [0, 0.1) is 5.41 Å². The lowest BCUT2D eigenvalue weighted by Crippen LogP contribution is -2.59. The van der Waals surface area contributed by atoms with Gasteiger partial charge in [0, 0.05) is 20.2 Å². The smallest absolute Gasteiger partial charge is 0.241 e. The summed E-state index contributed by atoms with van der Waals surface area (Å²) in [5.74, 6) is -0.0780. The summed E-state index contributed by atoms with van der Waals surface area (Å²) in [6.45, 7) is 7.02. The Morgan fingerprint density at radius 1 is 1.50 bits per heavy atom. The highest BCUT2D eigenvalue weighted by atomic mass is 16.5. The van der Waals surface area contributed by atoms with Crippen molar-refractivity contribution in [3.63, 3.8) is 0 Å². The lowest BCUT2D eigenvalue weighted by Gasteiger charge is -2.41. The fourth-order valence-electron chi connectivity index (χ4n) is 1.32. The van der Waals surface area contributed by atoms with Gasteiger partial charge in [-0.3, -0.25) is 4.79 Å². The van der Waals surface area contributed by atoms with Crippen LogP contribution in [0.15, 0.2) is 0 Å². The second-order valence-corrected chi connectivity index (χ2v) is 4.90. The topological polar surface area (TPSA) is 53.3 Å². The zero-order chi connectivity index (χ0) is 10.9. The van der Waals surface area contributed by atoms with Gasteiger partial charge >= 0.3 is 0 Å². The lowest BCUT2D eigenvalue weighted by atomic mass is 9.86. The minimum absolute atomic E-state index is 0.0780. The van der Waals surface area contributed by atoms with Gasteiger partial charge in [0.1, 0.15) is 6.04 Å². The summed E-state index contributed by atoms with van der Waals surface area (Å²) in [5, 5.41) is 0. The van der Waals surface area contributed by atoms with E-state index in [0.29, 0.717) is 13.1 Å². The third-order valence-electron chi connectivity index (χ3n) is 2.61. The number of nitrogens with zero attached hydrogens (tertiary/aromatic N) is 1. The minimum atomic E-state index is -0.666. The fraction of sp³-hybridized carbons (Fsp3) is 0.900. The van der Waals surface area contributed by atoms with E-state index in [1.165, 1.54) is 0 Å². The predicted octanol–water partition coefficient (Wildman–Crippen LogP) is 0.541. The molecule has 1 N–H and O–H groups in total. The second-order valence-electron chi connectivity index (χ2n) is 4.90. The van der Waals surface area contributed by atoms with E-state index in [1.807, 2.05) is 20.8 Å². The van der Waals surface area contributed by atoms with Gasteiger partial charge in [-0.2, -0.15) is 0 Å². The third-order valence-corrected chi connectivity index (χ3v) is 2.61. The van der Waals surface area contributed by atoms with Gasteiger partial charge in [0.2, 0.25) is 5.91 Å². The van der Waals surface area contributed by atoms with Crippen molar-refractivity contribution in [1.82, 2.24) is 10.6 Å². The van der Waals surface area contributed by atoms with Gasteiger partial charge in [0.05, 0.1) is 6.10 Å². The molecule has 1 aliphatic rings. The van der Waals surface area contributed by atoms with Crippen molar-refractivity contribution in [2.24, 2.45) is 5.41 Å². The molecule has 0 aliphatic carbocycles. The molecule has 1 atom stereocenters. The van der Waals surface area contributed by atoms with Gasteiger partial charge in [-0.05, 0) is 5.41 Å². The SMILES string of the molecule is COC1CN(C(=O)C([NH])C(C)(C)C)C1.